The number of ether oxygens (including phenoxy) is 2. The number of rotatable bonds is 7. The highest BCUT2D eigenvalue weighted by atomic mass is 19.1. The molecule has 0 heterocycles. The summed E-state index contributed by atoms with van der Waals surface area (Å²) in [6.07, 6.45) is 0.688. The number of esters is 1. The molecule has 4 aromatic carbocycles. The second kappa shape index (κ2) is 10.4. The molecule has 0 aliphatic heterocycles. The minimum absolute atomic E-state index is 0.143. The highest BCUT2D eigenvalue weighted by Crippen LogP contribution is 2.26. The van der Waals surface area contributed by atoms with E-state index in [2.05, 4.69) is 10.5 Å². The maximum atomic E-state index is 13.7. The van der Waals surface area contributed by atoms with Crippen LogP contribution >= 0.6 is 0 Å². The second-order valence-electron chi connectivity index (χ2n) is 7.41. The van der Waals surface area contributed by atoms with Crippen molar-refractivity contribution < 1.29 is 23.5 Å². The maximum absolute atomic E-state index is 13.7. The van der Waals surface area contributed by atoms with Crippen molar-refractivity contribution in [3.63, 3.8) is 0 Å². The summed E-state index contributed by atoms with van der Waals surface area (Å²) in [5, 5.41) is 5.90. The standard InChI is InChI=1S/C27H21FN2O4/c1-18(33-25-12-6-8-20-7-2-3-9-22(20)25)26(31)30-29-17-19-13-15-21(16-14-19)34-27(32)23-10-4-5-11-24(23)28/h2-18H,1H3,(H,30,31)/b29-17-/t18-/m1/s1. The van der Waals surface area contributed by atoms with Crippen molar-refractivity contribution in [1.29, 1.82) is 0 Å². The first-order valence-electron chi connectivity index (χ1n) is 10.6. The van der Waals surface area contributed by atoms with Gasteiger partial charge in [-0.15, -0.1) is 0 Å². The highest BCUT2D eigenvalue weighted by molar-refractivity contribution is 5.91. The van der Waals surface area contributed by atoms with E-state index in [0.717, 1.165) is 10.8 Å². The summed E-state index contributed by atoms with van der Waals surface area (Å²) in [5.74, 6) is -0.964. The number of hydrazone groups is 1. The van der Waals surface area contributed by atoms with Gasteiger partial charge in [0.15, 0.2) is 6.10 Å². The topological polar surface area (TPSA) is 77.0 Å². The molecule has 6 nitrogen and oxygen atoms in total. The zero-order valence-electron chi connectivity index (χ0n) is 18.3. The Bertz CT molecular complexity index is 1350. The van der Waals surface area contributed by atoms with Crippen LogP contribution in [0.15, 0.2) is 96.1 Å². The number of halogens is 1. The molecule has 7 heteroatoms. The van der Waals surface area contributed by atoms with Crippen LogP contribution in [0, 0.1) is 5.82 Å². The number of amides is 1. The van der Waals surface area contributed by atoms with Gasteiger partial charge < -0.3 is 9.47 Å². The predicted octanol–water partition coefficient (Wildman–Crippen LogP) is 5.12. The van der Waals surface area contributed by atoms with Gasteiger partial charge in [0.25, 0.3) is 5.91 Å². The number of nitrogens with one attached hydrogen (secondary N) is 1. The molecule has 0 spiro atoms. The van der Waals surface area contributed by atoms with Crippen LogP contribution in [0.5, 0.6) is 11.5 Å². The van der Waals surface area contributed by atoms with E-state index in [-0.39, 0.29) is 11.3 Å². The van der Waals surface area contributed by atoms with E-state index >= 15 is 0 Å². The largest absolute Gasteiger partial charge is 0.480 e. The van der Waals surface area contributed by atoms with E-state index in [9.17, 15) is 14.0 Å². The fourth-order valence-corrected chi connectivity index (χ4v) is 3.21. The molecule has 0 saturated heterocycles. The lowest BCUT2D eigenvalue weighted by Gasteiger charge is -2.14. The van der Waals surface area contributed by atoms with Crippen molar-refractivity contribution in [3.8, 4) is 11.5 Å². The quantitative estimate of drug-likeness (QED) is 0.181. The smallest absolute Gasteiger partial charge is 0.346 e. The molecule has 1 N–H and O–H groups in total. The van der Waals surface area contributed by atoms with Crippen molar-refractivity contribution in [2.75, 3.05) is 0 Å². The summed E-state index contributed by atoms with van der Waals surface area (Å²) in [6, 6.07) is 25.4. The molecule has 0 aliphatic rings. The molecule has 34 heavy (non-hydrogen) atoms. The number of carbonyl (C=O) groups excluding carboxylic acids is 2. The molecule has 0 saturated carbocycles. The van der Waals surface area contributed by atoms with E-state index in [1.807, 2.05) is 42.5 Å². The molecule has 0 bridgehead atoms. The first kappa shape index (κ1) is 22.7. The first-order chi connectivity index (χ1) is 16.5. The molecule has 0 unspecified atom stereocenters. The third kappa shape index (κ3) is 5.45. The minimum atomic E-state index is -0.785. The van der Waals surface area contributed by atoms with E-state index in [1.165, 1.54) is 24.4 Å². The molecule has 170 valence electrons. The Hall–Kier alpha value is -4.52. The van der Waals surface area contributed by atoms with Gasteiger partial charge in [-0.3, -0.25) is 4.79 Å². The Kier molecular flexibility index (Phi) is 6.93. The van der Waals surface area contributed by atoms with Gasteiger partial charge >= 0.3 is 5.97 Å². The monoisotopic (exact) mass is 456 g/mol. The summed E-state index contributed by atoms with van der Waals surface area (Å²) in [6.45, 7) is 1.64. The van der Waals surface area contributed by atoms with Gasteiger partial charge in [0, 0.05) is 5.39 Å². The first-order valence-corrected chi connectivity index (χ1v) is 10.6. The molecule has 4 rings (SSSR count). The Balaban J connectivity index is 1.31. The molecule has 1 amide bonds. The van der Waals surface area contributed by atoms with Gasteiger partial charge in [0.1, 0.15) is 17.3 Å². The van der Waals surface area contributed by atoms with Crippen molar-refractivity contribution in [2.45, 2.75) is 13.0 Å². The number of benzene rings is 4. The summed E-state index contributed by atoms with van der Waals surface area (Å²) < 4.78 is 24.7. The fourth-order valence-electron chi connectivity index (χ4n) is 3.21. The highest BCUT2D eigenvalue weighted by Gasteiger charge is 2.15. The third-order valence-electron chi connectivity index (χ3n) is 5.00. The van der Waals surface area contributed by atoms with Crippen molar-refractivity contribution >= 4 is 28.9 Å². The lowest BCUT2D eigenvalue weighted by molar-refractivity contribution is -0.127. The van der Waals surface area contributed by atoms with Crippen LogP contribution in [0.25, 0.3) is 10.8 Å². The number of hydrogen-bond donors (Lipinski definition) is 1. The molecule has 0 fully saturated rings. The van der Waals surface area contributed by atoms with Gasteiger partial charge in [-0.1, -0.05) is 48.5 Å². The average Bonchev–Trinajstić information content (AvgIpc) is 2.85. The van der Waals surface area contributed by atoms with Crippen LogP contribution < -0.4 is 14.9 Å². The lowest BCUT2D eigenvalue weighted by Crippen LogP contribution is -2.33. The van der Waals surface area contributed by atoms with Gasteiger partial charge in [-0.25, -0.2) is 14.6 Å². The third-order valence-corrected chi connectivity index (χ3v) is 5.00. The molecule has 0 aliphatic carbocycles. The van der Waals surface area contributed by atoms with Crippen molar-refractivity contribution in [2.24, 2.45) is 5.10 Å². The predicted molar refractivity (Wildman–Crippen MR) is 128 cm³/mol. The zero-order valence-corrected chi connectivity index (χ0v) is 18.3. The molecular formula is C27H21FN2O4. The SMILES string of the molecule is C[C@@H](Oc1cccc2ccccc12)C(=O)N/N=C\c1ccc(OC(=O)c2ccccc2F)cc1. The van der Waals surface area contributed by atoms with Gasteiger partial charge in [-0.2, -0.15) is 5.10 Å². The molecule has 4 aromatic rings. The summed E-state index contributed by atoms with van der Waals surface area (Å²) >= 11 is 0. The molecule has 0 radical (unpaired) electrons. The van der Waals surface area contributed by atoms with Crippen molar-refractivity contribution in [1.82, 2.24) is 5.43 Å². The van der Waals surface area contributed by atoms with E-state index in [0.29, 0.717) is 11.3 Å². The van der Waals surface area contributed by atoms with Crippen LogP contribution in [-0.2, 0) is 4.79 Å². The lowest BCUT2D eigenvalue weighted by atomic mass is 10.1. The van der Waals surface area contributed by atoms with Gasteiger partial charge in [0.05, 0.1) is 11.8 Å². The number of nitrogens with zero attached hydrogens (tertiary/aromatic N) is 1. The number of fused-ring (bicyclic) bond motifs is 1. The van der Waals surface area contributed by atoms with Crippen molar-refractivity contribution in [3.05, 3.63) is 108 Å². The maximum Gasteiger partial charge on any atom is 0.346 e. The summed E-state index contributed by atoms with van der Waals surface area (Å²) in [5.41, 5.74) is 2.97. The van der Waals surface area contributed by atoms with E-state index < -0.39 is 23.8 Å². The number of hydrogen-bond acceptors (Lipinski definition) is 5. The van der Waals surface area contributed by atoms with Crippen LogP contribution in [0.1, 0.15) is 22.8 Å². The Morgan fingerprint density at radius 1 is 0.912 bits per heavy atom. The van der Waals surface area contributed by atoms with Crippen LogP contribution in [0.4, 0.5) is 4.39 Å². The Labute approximate surface area is 195 Å². The van der Waals surface area contributed by atoms with E-state index in [4.69, 9.17) is 9.47 Å². The van der Waals surface area contributed by atoms with Crippen LogP contribution in [0.3, 0.4) is 0 Å². The molecule has 1 atom stereocenters. The Morgan fingerprint density at radius 3 is 2.41 bits per heavy atom. The molecular weight excluding hydrogens is 435 g/mol. The number of carbonyl (C=O) groups is 2. The minimum Gasteiger partial charge on any atom is -0.480 e. The van der Waals surface area contributed by atoms with Crippen LogP contribution in [-0.4, -0.2) is 24.2 Å². The Morgan fingerprint density at radius 2 is 1.62 bits per heavy atom. The zero-order chi connectivity index (χ0) is 23.9. The normalized spacial score (nSPS) is 11.8. The summed E-state index contributed by atoms with van der Waals surface area (Å²) in [4.78, 5) is 24.5. The average molecular weight is 456 g/mol. The summed E-state index contributed by atoms with van der Waals surface area (Å²) in [7, 11) is 0. The fraction of sp³-hybridized carbons (Fsp3) is 0.0741. The van der Waals surface area contributed by atoms with Gasteiger partial charge in [0.2, 0.25) is 0 Å². The van der Waals surface area contributed by atoms with Crippen LogP contribution in [0.2, 0.25) is 0 Å². The second-order valence-corrected chi connectivity index (χ2v) is 7.41. The van der Waals surface area contributed by atoms with E-state index in [1.54, 1.807) is 37.3 Å². The van der Waals surface area contributed by atoms with Gasteiger partial charge in [-0.05, 0) is 60.3 Å². The molecule has 0 aromatic heterocycles.